The summed E-state index contributed by atoms with van der Waals surface area (Å²) in [6, 6.07) is 17.9. The molecule has 0 saturated heterocycles. The van der Waals surface area contributed by atoms with Crippen LogP contribution in [0.1, 0.15) is 38.8 Å². The molecule has 1 amide bonds. The predicted molar refractivity (Wildman–Crippen MR) is 153 cm³/mol. The Morgan fingerprint density at radius 1 is 0.974 bits per heavy atom. The number of rotatable bonds is 14. The third kappa shape index (κ3) is 10.3. The number of nitrogens with one attached hydrogen (secondary N) is 1. The van der Waals surface area contributed by atoms with Crippen molar-refractivity contribution in [3.63, 3.8) is 0 Å². The van der Waals surface area contributed by atoms with Crippen molar-refractivity contribution in [2.24, 2.45) is 0 Å². The number of aliphatic hydroxyl groups is 1. The number of aliphatic hydroxyl groups excluding tert-OH is 1. The third-order valence-corrected chi connectivity index (χ3v) is 11.3. The highest BCUT2D eigenvalue weighted by Gasteiger charge is 2.46. The summed E-state index contributed by atoms with van der Waals surface area (Å²) in [5.41, 5.74) is 1.72. The van der Waals surface area contributed by atoms with Crippen LogP contribution in [0.3, 0.4) is 0 Å². The number of carbonyl (C=O) groups excluding carboxylic acids is 2. The summed E-state index contributed by atoms with van der Waals surface area (Å²) in [6.07, 6.45) is -1.94. The van der Waals surface area contributed by atoms with Gasteiger partial charge in [-0.3, -0.25) is 4.79 Å². The molecule has 0 bridgehead atoms. The molecule has 39 heavy (non-hydrogen) atoms. The number of alkyl carbamates (subject to hydrolysis) is 1. The van der Waals surface area contributed by atoms with Gasteiger partial charge in [-0.15, -0.1) is 0 Å². The number of carbonyl (C=O) groups is 2. The molecule has 0 saturated carbocycles. The van der Waals surface area contributed by atoms with Crippen molar-refractivity contribution in [1.29, 1.82) is 0 Å². The van der Waals surface area contributed by atoms with Gasteiger partial charge in [0.2, 0.25) is 0 Å². The molecular weight excluding hydrogens is 514 g/mol. The molecule has 214 valence electrons. The van der Waals surface area contributed by atoms with E-state index in [0.717, 1.165) is 11.1 Å². The molecule has 0 aromatic heterocycles. The van der Waals surface area contributed by atoms with Gasteiger partial charge in [-0.25, -0.2) is 4.79 Å². The molecule has 0 radical (unpaired) electrons. The van der Waals surface area contributed by atoms with Gasteiger partial charge < -0.3 is 29.1 Å². The number of ether oxygens (including phenoxy) is 3. The minimum Gasteiger partial charge on any atom is -0.455 e. The zero-order chi connectivity index (χ0) is 29.1. The van der Waals surface area contributed by atoms with Crippen LogP contribution in [0.5, 0.6) is 0 Å². The lowest BCUT2D eigenvalue weighted by atomic mass is 10.0. The van der Waals surface area contributed by atoms with Crippen LogP contribution in [0.2, 0.25) is 18.1 Å². The van der Waals surface area contributed by atoms with E-state index in [-0.39, 0.29) is 18.3 Å². The van der Waals surface area contributed by atoms with Crippen molar-refractivity contribution in [1.82, 2.24) is 5.32 Å². The van der Waals surface area contributed by atoms with E-state index in [1.54, 1.807) is 0 Å². The van der Waals surface area contributed by atoms with E-state index in [1.165, 1.54) is 13.0 Å². The highest BCUT2D eigenvalue weighted by Crippen LogP contribution is 2.38. The SMILES string of the molecule is C=C[C@H](OC(C)=O)[C@@H](OCc1ccccc1)[C@@H](O[Si](C)(C)C(C)(C)C)[C@@H](CO)NC(=O)OCc1ccccc1. The third-order valence-electron chi connectivity index (χ3n) is 6.81. The fourth-order valence-corrected chi connectivity index (χ4v) is 4.96. The molecule has 2 rings (SSSR count). The van der Waals surface area contributed by atoms with Crippen molar-refractivity contribution in [3.8, 4) is 0 Å². The first-order chi connectivity index (χ1) is 18.4. The van der Waals surface area contributed by atoms with E-state index >= 15 is 0 Å². The Morgan fingerprint density at radius 3 is 1.97 bits per heavy atom. The maximum absolute atomic E-state index is 12.8. The molecule has 0 fully saturated rings. The van der Waals surface area contributed by atoms with E-state index in [0.29, 0.717) is 0 Å². The lowest BCUT2D eigenvalue weighted by Gasteiger charge is -2.44. The van der Waals surface area contributed by atoms with Gasteiger partial charge in [0, 0.05) is 6.92 Å². The first-order valence-electron chi connectivity index (χ1n) is 13.1. The average Bonchev–Trinajstić information content (AvgIpc) is 2.89. The zero-order valence-corrected chi connectivity index (χ0v) is 24.9. The first-order valence-corrected chi connectivity index (χ1v) is 16.0. The Hall–Kier alpha value is -2.98. The molecule has 8 nitrogen and oxygen atoms in total. The van der Waals surface area contributed by atoms with E-state index < -0.39 is 51.3 Å². The van der Waals surface area contributed by atoms with Crippen LogP contribution in [-0.2, 0) is 36.6 Å². The molecule has 0 aliphatic rings. The average molecular weight is 558 g/mol. The van der Waals surface area contributed by atoms with Gasteiger partial charge in [-0.1, -0.05) is 88.0 Å². The smallest absolute Gasteiger partial charge is 0.407 e. The van der Waals surface area contributed by atoms with Gasteiger partial charge >= 0.3 is 12.1 Å². The quantitative estimate of drug-likeness (QED) is 0.183. The molecule has 0 unspecified atom stereocenters. The van der Waals surface area contributed by atoms with Gasteiger partial charge in [0.25, 0.3) is 0 Å². The fourth-order valence-electron chi connectivity index (χ4n) is 3.63. The van der Waals surface area contributed by atoms with Gasteiger partial charge in [0.05, 0.1) is 25.4 Å². The first kappa shape index (κ1) is 32.2. The number of amides is 1. The van der Waals surface area contributed by atoms with E-state index in [2.05, 4.69) is 45.8 Å². The molecule has 2 N–H and O–H groups in total. The van der Waals surface area contributed by atoms with E-state index in [1.807, 2.05) is 60.7 Å². The molecule has 4 atom stereocenters. The van der Waals surface area contributed by atoms with Crippen molar-refractivity contribution in [3.05, 3.63) is 84.4 Å². The van der Waals surface area contributed by atoms with Crippen LogP contribution in [0.15, 0.2) is 73.3 Å². The van der Waals surface area contributed by atoms with Gasteiger partial charge in [-0.2, -0.15) is 0 Å². The number of benzene rings is 2. The Bertz CT molecular complexity index is 1040. The van der Waals surface area contributed by atoms with Crippen molar-refractivity contribution in [2.75, 3.05) is 6.61 Å². The second-order valence-corrected chi connectivity index (χ2v) is 15.7. The summed E-state index contributed by atoms with van der Waals surface area (Å²) in [4.78, 5) is 24.8. The van der Waals surface area contributed by atoms with E-state index in [4.69, 9.17) is 18.6 Å². The van der Waals surface area contributed by atoms with Crippen LogP contribution in [0.25, 0.3) is 0 Å². The summed E-state index contributed by atoms with van der Waals surface area (Å²) in [6.45, 7) is 15.3. The number of esters is 1. The predicted octanol–water partition coefficient (Wildman–Crippen LogP) is 5.37. The van der Waals surface area contributed by atoms with Crippen LogP contribution in [0, 0.1) is 0 Å². The lowest BCUT2D eigenvalue weighted by molar-refractivity contribution is -0.159. The van der Waals surface area contributed by atoms with Crippen LogP contribution in [0.4, 0.5) is 4.79 Å². The summed E-state index contributed by atoms with van der Waals surface area (Å²) < 4.78 is 24.1. The fraction of sp³-hybridized carbons (Fsp3) is 0.467. The van der Waals surface area contributed by atoms with Gasteiger partial charge in [-0.05, 0) is 35.3 Å². The molecule has 0 aliphatic carbocycles. The van der Waals surface area contributed by atoms with Crippen molar-refractivity contribution >= 4 is 20.4 Å². The standard InChI is InChI=1S/C30H43NO7Si/c1-8-26(37-22(2)33)28(35-20-23-15-11-9-12-16-23)27(38-39(6,7)30(3,4)5)25(19-32)31-29(34)36-21-24-17-13-10-14-18-24/h8-18,25-28,32H,1,19-21H2,2-7H3,(H,31,34)/t25-,26+,27+,28-/m1/s1. The van der Waals surface area contributed by atoms with Gasteiger partial charge in [0.15, 0.2) is 8.32 Å². The van der Waals surface area contributed by atoms with Gasteiger partial charge in [0.1, 0.15) is 18.8 Å². The molecule has 9 heteroatoms. The number of hydrogen-bond donors (Lipinski definition) is 2. The van der Waals surface area contributed by atoms with E-state index in [9.17, 15) is 14.7 Å². The largest absolute Gasteiger partial charge is 0.455 e. The van der Waals surface area contributed by atoms with Crippen molar-refractivity contribution in [2.45, 2.75) is 83.4 Å². The Balaban J connectivity index is 2.41. The summed E-state index contributed by atoms with van der Waals surface area (Å²) in [7, 11) is -2.50. The maximum Gasteiger partial charge on any atom is 0.407 e. The normalized spacial score (nSPS) is 14.9. The second kappa shape index (κ2) is 15.0. The topological polar surface area (TPSA) is 103 Å². The zero-order valence-electron chi connectivity index (χ0n) is 23.9. The summed E-state index contributed by atoms with van der Waals surface area (Å²) in [5, 5.41) is 13.0. The Kier molecular flexibility index (Phi) is 12.4. The van der Waals surface area contributed by atoms with Crippen LogP contribution < -0.4 is 5.32 Å². The Labute approximate surface area is 233 Å². The van der Waals surface area contributed by atoms with Crippen LogP contribution in [-0.4, -0.2) is 56.4 Å². The minimum absolute atomic E-state index is 0.0647. The second-order valence-electron chi connectivity index (χ2n) is 10.9. The minimum atomic E-state index is -2.50. The molecule has 2 aromatic carbocycles. The lowest BCUT2D eigenvalue weighted by Crippen LogP contribution is -2.60. The van der Waals surface area contributed by atoms with Crippen LogP contribution >= 0.6 is 0 Å². The molecular formula is C30H43NO7Si. The summed E-state index contributed by atoms with van der Waals surface area (Å²) in [5.74, 6) is -0.518. The highest BCUT2D eigenvalue weighted by atomic mass is 28.4. The Morgan fingerprint density at radius 2 is 1.51 bits per heavy atom. The molecule has 2 aromatic rings. The number of hydrogen-bond acceptors (Lipinski definition) is 7. The molecule has 0 heterocycles. The summed E-state index contributed by atoms with van der Waals surface area (Å²) >= 11 is 0. The van der Waals surface area contributed by atoms with Crippen molar-refractivity contribution < 1.29 is 33.3 Å². The highest BCUT2D eigenvalue weighted by molar-refractivity contribution is 6.74. The maximum atomic E-state index is 12.8. The monoisotopic (exact) mass is 557 g/mol. The molecule has 0 spiro atoms. The molecule has 0 aliphatic heterocycles.